The molecule has 3 rings (SSSR count). The second-order valence-corrected chi connectivity index (χ2v) is 8.53. The molecule has 0 bridgehead atoms. The highest BCUT2D eigenvalue weighted by molar-refractivity contribution is 7.95. The zero-order chi connectivity index (χ0) is 20.1. The Morgan fingerprint density at radius 3 is 2.71 bits per heavy atom. The third kappa shape index (κ3) is 4.51. The molecule has 0 saturated carbocycles. The van der Waals surface area contributed by atoms with Crippen LogP contribution in [-0.4, -0.2) is 28.8 Å². The third-order valence-electron chi connectivity index (χ3n) is 4.66. The van der Waals surface area contributed by atoms with Crippen molar-refractivity contribution in [2.24, 2.45) is 0 Å². The molecule has 0 saturated heterocycles. The number of H-pyrrole nitrogens is 1. The van der Waals surface area contributed by atoms with Crippen molar-refractivity contribution in [3.63, 3.8) is 0 Å². The Hall–Kier alpha value is -2.87. The summed E-state index contributed by atoms with van der Waals surface area (Å²) in [7, 11) is -1.59. The fourth-order valence-electron chi connectivity index (χ4n) is 3.13. The molecule has 28 heavy (non-hydrogen) atoms. The van der Waals surface area contributed by atoms with Crippen molar-refractivity contribution in [3.05, 3.63) is 69.0 Å². The van der Waals surface area contributed by atoms with Crippen LogP contribution in [-0.2, 0) is 22.6 Å². The molecule has 0 spiro atoms. The summed E-state index contributed by atoms with van der Waals surface area (Å²) in [5, 5.41) is 3.87. The summed E-state index contributed by atoms with van der Waals surface area (Å²) >= 11 is 0. The maximum Gasteiger partial charge on any atom is 0.261 e. The Morgan fingerprint density at radius 1 is 1.29 bits per heavy atom. The molecule has 0 fully saturated rings. The van der Waals surface area contributed by atoms with Crippen LogP contribution in [0.25, 0.3) is 0 Å². The van der Waals surface area contributed by atoms with Gasteiger partial charge in [-0.3, -0.25) is 9.59 Å². The minimum absolute atomic E-state index is 0.0708. The van der Waals surface area contributed by atoms with E-state index < -0.39 is 21.2 Å². The molecule has 1 heterocycles. The van der Waals surface area contributed by atoms with E-state index >= 15 is 0 Å². The fourth-order valence-corrected chi connectivity index (χ4v) is 4.20. The average molecular weight is 401 g/mol. The van der Waals surface area contributed by atoms with Crippen molar-refractivity contribution in [1.29, 1.82) is 4.78 Å². The molecule has 148 valence electrons. The summed E-state index contributed by atoms with van der Waals surface area (Å²) in [4.78, 5) is 27.6. The Balaban J connectivity index is 1.64. The Kier molecular flexibility index (Phi) is 5.99. The smallest absolute Gasteiger partial charge is 0.261 e. The van der Waals surface area contributed by atoms with Gasteiger partial charge >= 0.3 is 0 Å². The lowest BCUT2D eigenvalue weighted by Crippen LogP contribution is -2.31. The average Bonchev–Trinajstić information content (AvgIpc) is 2.70. The second kappa shape index (κ2) is 8.43. The van der Waals surface area contributed by atoms with E-state index in [1.165, 1.54) is 18.6 Å². The zero-order valence-electron chi connectivity index (χ0n) is 15.6. The van der Waals surface area contributed by atoms with Crippen LogP contribution in [0.5, 0.6) is 5.75 Å². The van der Waals surface area contributed by atoms with Crippen LogP contribution >= 0.6 is 0 Å². The highest BCUT2D eigenvalue weighted by Crippen LogP contribution is 2.19. The molecule has 2 aromatic rings. The van der Waals surface area contributed by atoms with Crippen LogP contribution in [0.4, 0.5) is 0 Å². The van der Waals surface area contributed by atoms with Gasteiger partial charge in [-0.15, -0.1) is 0 Å². The largest absolute Gasteiger partial charge is 0.497 e. The summed E-state index contributed by atoms with van der Waals surface area (Å²) in [6.45, 7) is 0.0708. The van der Waals surface area contributed by atoms with Gasteiger partial charge < -0.3 is 15.0 Å². The van der Waals surface area contributed by atoms with E-state index in [-0.39, 0.29) is 12.1 Å². The Bertz CT molecular complexity index is 1050. The number of ether oxygens (including phenoxy) is 1. The molecule has 1 aromatic carbocycles. The monoisotopic (exact) mass is 401 g/mol. The first-order valence-corrected chi connectivity index (χ1v) is 10.7. The summed E-state index contributed by atoms with van der Waals surface area (Å²) < 4.78 is 25.5. The number of pyridine rings is 1. The van der Waals surface area contributed by atoms with E-state index in [2.05, 4.69) is 10.3 Å². The number of aryl methyl sites for hydroxylation is 2. The Labute approximate surface area is 163 Å². The van der Waals surface area contributed by atoms with Crippen molar-refractivity contribution in [2.75, 3.05) is 13.7 Å². The van der Waals surface area contributed by atoms with Gasteiger partial charge in [0.1, 0.15) is 11.3 Å². The maximum atomic E-state index is 12.5. The van der Waals surface area contributed by atoms with Crippen LogP contribution in [0.2, 0.25) is 0 Å². The molecule has 0 aliphatic heterocycles. The van der Waals surface area contributed by atoms with Gasteiger partial charge in [-0.05, 0) is 61.6 Å². The first-order valence-electron chi connectivity index (χ1n) is 9.03. The number of hydrogen-bond donors (Lipinski definition) is 3. The lowest BCUT2D eigenvalue weighted by molar-refractivity contribution is 0.0956. The first kappa shape index (κ1) is 19.9. The number of aromatic amines is 1. The van der Waals surface area contributed by atoms with Crippen molar-refractivity contribution in [2.45, 2.75) is 30.6 Å². The molecule has 1 atom stereocenters. The minimum atomic E-state index is -3.12. The lowest BCUT2D eigenvalue weighted by atomic mass is 9.95. The predicted molar refractivity (Wildman–Crippen MR) is 107 cm³/mol. The number of aromatic nitrogens is 1. The number of benzene rings is 1. The van der Waals surface area contributed by atoms with E-state index in [0.29, 0.717) is 10.6 Å². The van der Waals surface area contributed by atoms with E-state index in [1.54, 1.807) is 30.3 Å². The fraction of sp³-hybridized carbons (Fsp3) is 0.300. The highest BCUT2D eigenvalue weighted by Gasteiger charge is 2.16. The SMILES string of the molecule is COc1ccc(S(=N)(=O)/C=C/CNC(=O)c2cc3c([nH]c2=O)CCCC3)cc1. The van der Waals surface area contributed by atoms with Gasteiger partial charge in [0.15, 0.2) is 0 Å². The number of nitrogens with one attached hydrogen (secondary N) is 3. The normalized spacial score (nSPS) is 15.6. The number of carbonyl (C=O) groups excluding carboxylic acids is 1. The van der Waals surface area contributed by atoms with Gasteiger partial charge in [0.25, 0.3) is 11.5 Å². The quantitative estimate of drug-likeness (QED) is 0.691. The highest BCUT2D eigenvalue weighted by atomic mass is 32.2. The zero-order valence-corrected chi connectivity index (χ0v) is 16.4. The summed E-state index contributed by atoms with van der Waals surface area (Å²) in [6, 6.07) is 8.09. The summed E-state index contributed by atoms with van der Waals surface area (Å²) in [5.74, 6) is 0.130. The molecule has 1 unspecified atom stereocenters. The van der Waals surface area contributed by atoms with Crippen molar-refractivity contribution in [3.8, 4) is 5.75 Å². The van der Waals surface area contributed by atoms with Crippen LogP contribution < -0.4 is 15.6 Å². The van der Waals surface area contributed by atoms with Gasteiger partial charge in [0, 0.05) is 17.6 Å². The lowest BCUT2D eigenvalue weighted by Gasteiger charge is -2.15. The number of rotatable bonds is 6. The van der Waals surface area contributed by atoms with E-state index in [9.17, 15) is 13.8 Å². The molecule has 1 aliphatic carbocycles. The molecular formula is C20H23N3O4S. The number of carbonyl (C=O) groups is 1. The number of amides is 1. The molecule has 1 amide bonds. The molecule has 7 nitrogen and oxygen atoms in total. The van der Waals surface area contributed by atoms with Gasteiger partial charge in [0.2, 0.25) is 0 Å². The van der Waals surface area contributed by atoms with Crippen LogP contribution in [0.1, 0.15) is 34.5 Å². The molecule has 8 heteroatoms. The standard InChI is InChI=1S/C20H23N3O4S/c1-27-15-7-9-16(10-8-15)28(21,26)12-4-11-22-19(24)17-13-14-5-2-3-6-18(14)23-20(17)25/h4,7-10,12-13,21H,2-3,5-6,11H2,1H3,(H,22,24)(H,23,25)/b12-4+. The molecule has 3 N–H and O–H groups in total. The molecule has 1 aromatic heterocycles. The second-order valence-electron chi connectivity index (χ2n) is 6.58. The number of methoxy groups -OCH3 is 1. The number of hydrogen-bond acceptors (Lipinski definition) is 5. The third-order valence-corrected chi connectivity index (χ3v) is 6.21. The van der Waals surface area contributed by atoms with Gasteiger partial charge in [0.05, 0.1) is 21.7 Å². The summed E-state index contributed by atoms with van der Waals surface area (Å²) in [5.41, 5.74) is 1.61. The van der Waals surface area contributed by atoms with E-state index in [4.69, 9.17) is 9.52 Å². The van der Waals surface area contributed by atoms with E-state index in [1.807, 2.05) is 0 Å². The van der Waals surface area contributed by atoms with Crippen molar-refractivity contribution < 1.29 is 13.7 Å². The van der Waals surface area contributed by atoms with Gasteiger partial charge in [-0.1, -0.05) is 6.08 Å². The molecule has 0 radical (unpaired) electrons. The first-order chi connectivity index (χ1) is 13.4. The summed E-state index contributed by atoms with van der Waals surface area (Å²) in [6.07, 6.45) is 5.24. The predicted octanol–water partition coefficient (Wildman–Crippen LogP) is 2.61. The van der Waals surface area contributed by atoms with Crippen molar-refractivity contribution >= 4 is 15.6 Å². The van der Waals surface area contributed by atoms with Crippen LogP contribution in [0.15, 0.2) is 51.5 Å². The van der Waals surface area contributed by atoms with E-state index in [0.717, 1.165) is 36.9 Å². The van der Waals surface area contributed by atoms with Gasteiger partial charge in [-0.25, -0.2) is 8.99 Å². The van der Waals surface area contributed by atoms with Crippen LogP contribution in [0.3, 0.4) is 0 Å². The maximum absolute atomic E-state index is 12.5. The van der Waals surface area contributed by atoms with Crippen molar-refractivity contribution in [1.82, 2.24) is 10.3 Å². The van der Waals surface area contributed by atoms with Crippen LogP contribution in [0, 0.1) is 4.78 Å². The Morgan fingerprint density at radius 2 is 2.00 bits per heavy atom. The number of fused-ring (bicyclic) bond motifs is 1. The minimum Gasteiger partial charge on any atom is -0.497 e. The molecule has 1 aliphatic rings. The van der Waals surface area contributed by atoms with Gasteiger partial charge in [-0.2, -0.15) is 0 Å². The topological polar surface area (TPSA) is 112 Å². The molecular weight excluding hydrogens is 378 g/mol.